The van der Waals surface area contributed by atoms with Gasteiger partial charge in [-0.25, -0.2) is 9.50 Å². The molecule has 0 unspecified atom stereocenters. The molecule has 0 saturated carbocycles. The zero-order chi connectivity index (χ0) is 19.0. The third-order valence-electron chi connectivity index (χ3n) is 4.23. The summed E-state index contributed by atoms with van der Waals surface area (Å²) >= 11 is 0. The van der Waals surface area contributed by atoms with Crippen LogP contribution >= 0.6 is 0 Å². The van der Waals surface area contributed by atoms with E-state index in [1.54, 1.807) is 61.7 Å². The van der Waals surface area contributed by atoms with Crippen LogP contribution in [0.4, 0.5) is 13.2 Å². The van der Waals surface area contributed by atoms with Crippen molar-refractivity contribution in [2.45, 2.75) is 6.18 Å². The van der Waals surface area contributed by atoms with Crippen LogP contribution in [0, 0.1) is 0 Å². The summed E-state index contributed by atoms with van der Waals surface area (Å²) in [6, 6.07) is 16.8. The van der Waals surface area contributed by atoms with E-state index in [1.165, 1.54) is 6.20 Å². The van der Waals surface area contributed by atoms with Crippen molar-refractivity contribution in [2.24, 2.45) is 0 Å². The average Bonchev–Trinajstić information content (AvgIpc) is 3.11. The summed E-state index contributed by atoms with van der Waals surface area (Å²) < 4.78 is 46.8. The lowest BCUT2D eigenvalue weighted by Crippen LogP contribution is -2.13. The van der Waals surface area contributed by atoms with Crippen LogP contribution in [-0.4, -0.2) is 21.7 Å². The molecular formula is C20H14F3N3O. The predicted octanol–water partition coefficient (Wildman–Crippen LogP) is 5.09. The second-order valence-electron chi connectivity index (χ2n) is 5.91. The van der Waals surface area contributed by atoms with Gasteiger partial charge in [-0.3, -0.25) is 0 Å². The first-order chi connectivity index (χ1) is 13.0. The molecule has 2 heterocycles. The van der Waals surface area contributed by atoms with E-state index in [-0.39, 0.29) is 11.3 Å². The van der Waals surface area contributed by atoms with Gasteiger partial charge in [0.25, 0.3) is 0 Å². The summed E-state index contributed by atoms with van der Waals surface area (Å²) in [6.45, 7) is 0. The number of fused-ring (bicyclic) bond motifs is 1. The van der Waals surface area contributed by atoms with E-state index in [0.717, 1.165) is 10.6 Å². The van der Waals surface area contributed by atoms with Gasteiger partial charge in [-0.1, -0.05) is 42.5 Å². The maximum absolute atomic E-state index is 13.6. The summed E-state index contributed by atoms with van der Waals surface area (Å²) in [5.41, 5.74) is 1.34. The number of alkyl halides is 3. The molecule has 0 amide bonds. The summed E-state index contributed by atoms with van der Waals surface area (Å²) in [7, 11) is 1.55. The Hall–Kier alpha value is -3.35. The number of halogens is 3. The Bertz CT molecular complexity index is 1090. The van der Waals surface area contributed by atoms with Gasteiger partial charge in [0.05, 0.1) is 19.0 Å². The van der Waals surface area contributed by atoms with Gasteiger partial charge in [0.15, 0.2) is 11.3 Å². The molecule has 136 valence electrons. The second kappa shape index (κ2) is 6.42. The first-order valence-electron chi connectivity index (χ1n) is 8.13. The lowest BCUT2D eigenvalue weighted by Gasteiger charge is -2.11. The summed E-state index contributed by atoms with van der Waals surface area (Å²) in [6.07, 6.45) is -3.16. The minimum atomic E-state index is -4.56. The molecule has 0 atom stereocenters. The van der Waals surface area contributed by atoms with Crippen LogP contribution in [0.3, 0.4) is 0 Å². The number of ether oxygens (including phenoxy) is 1. The molecule has 0 bridgehead atoms. The average molecular weight is 369 g/mol. The van der Waals surface area contributed by atoms with E-state index >= 15 is 0 Å². The molecule has 0 aliphatic heterocycles. The van der Waals surface area contributed by atoms with Gasteiger partial charge >= 0.3 is 6.18 Å². The number of methoxy groups -OCH3 is 1. The molecule has 2 aromatic carbocycles. The smallest absolute Gasteiger partial charge is 0.433 e. The van der Waals surface area contributed by atoms with E-state index in [2.05, 4.69) is 10.1 Å². The van der Waals surface area contributed by atoms with Crippen molar-refractivity contribution < 1.29 is 17.9 Å². The number of hydrogen-bond donors (Lipinski definition) is 0. The molecule has 0 aliphatic carbocycles. The van der Waals surface area contributed by atoms with E-state index in [0.29, 0.717) is 22.4 Å². The summed E-state index contributed by atoms with van der Waals surface area (Å²) in [5, 5.41) is 3.94. The molecule has 0 fully saturated rings. The molecule has 4 rings (SSSR count). The Morgan fingerprint density at radius 3 is 2.26 bits per heavy atom. The minimum absolute atomic E-state index is 0.147. The number of rotatable bonds is 3. The Labute approximate surface area is 152 Å². The number of aromatic nitrogens is 3. The number of nitrogens with zero attached hydrogens (tertiary/aromatic N) is 3. The van der Waals surface area contributed by atoms with Gasteiger partial charge in [0.1, 0.15) is 5.75 Å². The molecule has 4 nitrogen and oxygen atoms in total. The highest BCUT2D eigenvalue weighted by Crippen LogP contribution is 2.34. The van der Waals surface area contributed by atoms with Crippen molar-refractivity contribution >= 4 is 5.65 Å². The first-order valence-corrected chi connectivity index (χ1v) is 8.13. The molecule has 2 aromatic heterocycles. The van der Waals surface area contributed by atoms with Gasteiger partial charge in [0, 0.05) is 11.1 Å². The molecule has 0 aliphatic rings. The van der Waals surface area contributed by atoms with Crippen LogP contribution in [-0.2, 0) is 6.18 Å². The van der Waals surface area contributed by atoms with Crippen LogP contribution in [0.1, 0.15) is 5.69 Å². The normalized spacial score (nSPS) is 11.7. The van der Waals surface area contributed by atoms with Crippen LogP contribution in [0.15, 0.2) is 66.9 Å². The van der Waals surface area contributed by atoms with Crippen molar-refractivity contribution in [3.8, 4) is 28.1 Å². The topological polar surface area (TPSA) is 39.4 Å². The van der Waals surface area contributed by atoms with Crippen LogP contribution < -0.4 is 4.74 Å². The quantitative estimate of drug-likeness (QED) is 0.505. The Morgan fingerprint density at radius 1 is 0.926 bits per heavy atom. The standard InChI is InChI=1S/C20H14F3N3O/c1-27-15-9-7-13(8-10-15)16-12-24-26-18(20(21,22)23)11-17(25-19(16)26)14-5-3-2-4-6-14/h2-12H,1H3. The van der Waals surface area contributed by atoms with E-state index in [9.17, 15) is 13.2 Å². The van der Waals surface area contributed by atoms with Crippen LogP contribution in [0.25, 0.3) is 28.0 Å². The maximum Gasteiger partial charge on any atom is 0.433 e. The fourth-order valence-electron chi connectivity index (χ4n) is 2.90. The molecular weight excluding hydrogens is 355 g/mol. The van der Waals surface area contributed by atoms with E-state index in [4.69, 9.17) is 4.74 Å². The predicted molar refractivity (Wildman–Crippen MR) is 95.4 cm³/mol. The van der Waals surface area contributed by atoms with Crippen molar-refractivity contribution in [3.63, 3.8) is 0 Å². The summed E-state index contributed by atoms with van der Waals surface area (Å²) in [4.78, 5) is 4.47. The highest BCUT2D eigenvalue weighted by molar-refractivity contribution is 5.79. The Morgan fingerprint density at radius 2 is 1.63 bits per heavy atom. The van der Waals surface area contributed by atoms with Crippen molar-refractivity contribution in [1.29, 1.82) is 0 Å². The molecule has 0 radical (unpaired) electrons. The number of benzene rings is 2. The van der Waals surface area contributed by atoms with E-state index < -0.39 is 11.9 Å². The monoisotopic (exact) mass is 369 g/mol. The van der Waals surface area contributed by atoms with Crippen LogP contribution in [0.5, 0.6) is 5.75 Å². The lowest BCUT2D eigenvalue weighted by atomic mass is 10.1. The molecule has 7 heteroatoms. The summed E-state index contributed by atoms with van der Waals surface area (Å²) in [5.74, 6) is 0.657. The van der Waals surface area contributed by atoms with Crippen molar-refractivity contribution in [3.05, 3.63) is 72.6 Å². The Balaban J connectivity index is 1.97. The van der Waals surface area contributed by atoms with E-state index in [1.807, 2.05) is 0 Å². The molecule has 0 spiro atoms. The van der Waals surface area contributed by atoms with Crippen LogP contribution in [0.2, 0.25) is 0 Å². The van der Waals surface area contributed by atoms with Gasteiger partial charge in [-0.2, -0.15) is 18.3 Å². The molecule has 27 heavy (non-hydrogen) atoms. The third kappa shape index (κ3) is 3.12. The number of hydrogen-bond acceptors (Lipinski definition) is 3. The molecule has 4 aromatic rings. The third-order valence-corrected chi connectivity index (χ3v) is 4.23. The lowest BCUT2D eigenvalue weighted by molar-refractivity contribution is -0.142. The van der Waals surface area contributed by atoms with Crippen molar-refractivity contribution in [1.82, 2.24) is 14.6 Å². The van der Waals surface area contributed by atoms with Gasteiger partial charge in [-0.05, 0) is 23.8 Å². The SMILES string of the molecule is COc1ccc(-c2cnn3c(C(F)(F)F)cc(-c4ccccc4)nc23)cc1. The van der Waals surface area contributed by atoms with Gasteiger partial charge in [-0.15, -0.1) is 0 Å². The van der Waals surface area contributed by atoms with Gasteiger partial charge in [0.2, 0.25) is 0 Å². The fraction of sp³-hybridized carbons (Fsp3) is 0.100. The zero-order valence-corrected chi connectivity index (χ0v) is 14.2. The van der Waals surface area contributed by atoms with Crippen molar-refractivity contribution in [2.75, 3.05) is 7.11 Å². The molecule has 0 N–H and O–H groups in total. The minimum Gasteiger partial charge on any atom is -0.497 e. The fourth-order valence-corrected chi connectivity index (χ4v) is 2.90. The largest absolute Gasteiger partial charge is 0.497 e. The second-order valence-corrected chi connectivity index (χ2v) is 5.91. The first kappa shape index (κ1) is 17.1. The molecule has 0 saturated heterocycles. The Kier molecular flexibility index (Phi) is 4.07. The van der Waals surface area contributed by atoms with Gasteiger partial charge < -0.3 is 4.74 Å². The highest BCUT2D eigenvalue weighted by Gasteiger charge is 2.35. The maximum atomic E-state index is 13.6. The zero-order valence-electron chi connectivity index (χ0n) is 14.2. The highest BCUT2D eigenvalue weighted by atomic mass is 19.4.